The zero-order valence-electron chi connectivity index (χ0n) is 11.8. The van der Waals surface area contributed by atoms with Crippen molar-refractivity contribution in [3.63, 3.8) is 0 Å². The Morgan fingerprint density at radius 1 is 1.33 bits per heavy atom. The topological polar surface area (TPSA) is 72.5 Å². The SMILES string of the molecule is O=C(NCC1CCCO1)c1ccc2c(c1)CCCS2(=O)=O. The molecule has 2 aliphatic heterocycles. The van der Waals surface area contributed by atoms with Crippen molar-refractivity contribution in [1.29, 1.82) is 0 Å². The fourth-order valence-electron chi connectivity index (χ4n) is 2.90. The van der Waals surface area contributed by atoms with Gasteiger partial charge in [0.05, 0.1) is 16.8 Å². The summed E-state index contributed by atoms with van der Waals surface area (Å²) in [6.45, 7) is 1.27. The van der Waals surface area contributed by atoms with Gasteiger partial charge in [-0.05, 0) is 49.4 Å². The monoisotopic (exact) mass is 309 g/mol. The summed E-state index contributed by atoms with van der Waals surface area (Å²) >= 11 is 0. The Morgan fingerprint density at radius 2 is 2.19 bits per heavy atom. The molecule has 0 saturated carbocycles. The van der Waals surface area contributed by atoms with Crippen molar-refractivity contribution in [2.75, 3.05) is 18.9 Å². The molecule has 0 aromatic heterocycles. The van der Waals surface area contributed by atoms with E-state index in [-0.39, 0.29) is 17.8 Å². The fraction of sp³-hybridized carbons (Fsp3) is 0.533. The van der Waals surface area contributed by atoms with Crippen LogP contribution in [0.3, 0.4) is 0 Å². The first kappa shape index (κ1) is 14.5. The molecule has 2 heterocycles. The molecule has 1 aromatic carbocycles. The molecule has 1 N–H and O–H groups in total. The second-order valence-corrected chi connectivity index (χ2v) is 7.67. The zero-order chi connectivity index (χ0) is 14.9. The summed E-state index contributed by atoms with van der Waals surface area (Å²) in [6, 6.07) is 4.86. The van der Waals surface area contributed by atoms with Gasteiger partial charge in [-0.25, -0.2) is 8.42 Å². The van der Waals surface area contributed by atoms with Crippen LogP contribution in [0.1, 0.15) is 35.2 Å². The Balaban J connectivity index is 1.72. The maximum Gasteiger partial charge on any atom is 0.251 e. The first-order valence-corrected chi connectivity index (χ1v) is 8.97. The van der Waals surface area contributed by atoms with Gasteiger partial charge in [0.1, 0.15) is 0 Å². The highest BCUT2D eigenvalue weighted by Crippen LogP contribution is 2.25. The van der Waals surface area contributed by atoms with E-state index < -0.39 is 9.84 Å². The summed E-state index contributed by atoms with van der Waals surface area (Å²) in [7, 11) is -3.16. The minimum absolute atomic E-state index is 0.104. The molecule has 6 heteroatoms. The predicted octanol–water partition coefficient (Wildman–Crippen LogP) is 1.32. The van der Waals surface area contributed by atoms with E-state index in [9.17, 15) is 13.2 Å². The zero-order valence-corrected chi connectivity index (χ0v) is 12.6. The van der Waals surface area contributed by atoms with E-state index in [1.165, 1.54) is 0 Å². The molecular weight excluding hydrogens is 290 g/mol. The van der Waals surface area contributed by atoms with Crippen LogP contribution in [0.25, 0.3) is 0 Å². The Bertz CT molecular complexity index is 648. The van der Waals surface area contributed by atoms with Crippen LogP contribution in [-0.4, -0.2) is 39.3 Å². The molecule has 1 fully saturated rings. The Morgan fingerprint density at radius 3 is 2.95 bits per heavy atom. The highest BCUT2D eigenvalue weighted by molar-refractivity contribution is 7.91. The molecule has 5 nitrogen and oxygen atoms in total. The number of aryl methyl sites for hydroxylation is 1. The van der Waals surface area contributed by atoms with Gasteiger partial charge in [-0.2, -0.15) is 0 Å². The Kier molecular flexibility index (Phi) is 3.99. The molecule has 0 aliphatic carbocycles. The number of nitrogens with one attached hydrogen (secondary N) is 1. The Labute approximate surface area is 124 Å². The number of benzene rings is 1. The number of hydrogen-bond donors (Lipinski definition) is 1. The molecule has 0 spiro atoms. The van der Waals surface area contributed by atoms with Gasteiger partial charge in [0.25, 0.3) is 5.91 Å². The lowest BCUT2D eigenvalue weighted by atomic mass is 10.1. The molecule has 114 valence electrons. The highest BCUT2D eigenvalue weighted by Gasteiger charge is 2.24. The molecule has 1 unspecified atom stereocenters. The Hall–Kier alpha value is -1.40. The van der Waals surface area contributed by atoms with Crippen LogP contribution in [0, 0.1) is 0 Å². The third-order valence-electron chi connectivity index (χ3n) is 4.03. The molecule has 1 aromatic rings. The average Bonchev–Trinajstić information content (AvgIpc) is 2.97. The van der Waals surface area contributed by atoms with Gasteiger partial charge in [0.2, 0.25) is 0 Å². The van der Waals surface area contributed by atoms with Crippen molar-refractivity contribution in [2.24, 2.45) is 0 Å². The quantitative estimate of drug-likeness (QED) is 0.914. The summed E-state index contributed by atoms with van der Waals surface area (Å²) < 4.78 is 29.3. The summed E-state index contributed by atoms with van der Waals surface area (Å²) in [5, 5.41) is 2.86. The van der Waals surface area contributed by atoms with Crippen molar-refractivity contribution in [2.45, 2.75) is 36.7 Å². The third kappa shape index (κ3) is 3.11. The van der Waals surface area contributed by atoms with E-state index in [1.807, 2.05) is 0 Å². The summed E-state index contributed by atoms with van der Waals surface area (Å²) in [4.78, 5) is 12.5. The number of sulfone groups is 1. The molecular formula is C15H19NO4S. The van der Waals surface area contributed by atoms with Crippen LogP contribution < -0.4 is 5.32 Å². The van der Waals surface area contributed by atoms with E-state index in [0.29, 0.717) is 29.8 Å². The average molecular weight is 309 g/mol. The van der Waals surface area contributed by atoms with Crippen molar-refractivity contribution < 1.29 is 17.9 Å². The molecule has 0 radical (unpaired) electrons. The molecule has 0 bridgehead atoms. The molecule has 3 rings (SSSR count). The van der Waals surface area contributed by atoms with Gasteiger partial charge in [-0.1, -0.05) is 0 Å². The maximum absolute atomic E-state index is 12.1. The molecule has 2 aliphatic rings. The van der Waals surface area contributed by atoms with Crippen molar-refractivity contribution in [1.82, 2.24) is 5.32 Å². The summed E-state index contributed by atoms with van der Waals surface area (Å²) in [5.41, 5.74) is 1.27. The van der Waals surface area contributed by atoms with Crippen LogP contribution >= 0.6 is 0 Å². The first-order chi connectivity index (χ1) is 10.1. The third-order valence-corrected chi connectivity index (χ3v) is 5.93. The van der Waals surface area contributed by atoms with E-state index in [1.54, 1.807) is 18.2 Å². The standard InChI is InChI=1S/C15H19NO4S/c17-15(16-10-13-4-1-7-20-13)12-5-6-14-11(9-12)3-2-8-21(14,18)19/h5-6,9,13H,1-4,7-8,10H2,(H,16,17). The molecule has 1 amide bonds. The van der Waals surface area contributed by atoms with Gasteiger partial charge in [-0.15, -0.1) is 0 Å². The normalized spacial score (nSPS) is 23.5. The number of carbonyl (C=O) groups is 1. The summed E-state index contributed by atoms with van der Waals surface area (Å²) in [5.74, 6) is 0.0289. The van der Waals surface area contributed by atoms with Gasteiger partial charge >= 0.3 is 0 Å². The van der Waals surface area contributed by atoms with Crippen molar-refractivity contribution in [3.8, 4) is 0 Å². The lowest BCUT2D eigenvalue weighted by Crippen LogP contribution is -2.32. The van der Waals surface area contributed by atoms with Gasteiger partial charge < -0.3 is 10.1 Å². The fourth-order valence-corrected chi connectivity index (χ4v) is 4.48. The predicted molar refractivity (Wildman–Crippen MR) is 78.1 cm³/mol. The van der Waals surface area contributed by atoms with E-state index >= 15 is 0 Å². The van der Waals surface area contributed by atoms with Crippen LogP contribution in [-0.2, 0) is 21.0 Å². The van der Waals surface area contributed by atoms with Crippen LogP contribution in [0.4, 0.5) is 0 Å². The van der Waals surface area contributed by atoms with Crippen LogP contribution in [0.2, 0.25) is 0 Å². The van der Waals surface area contributed by atoms with E-state index in [4.69, 9.17) is 4.74 Å². The second kappa shape index (κ2) is 5.77. The van der Waals surface area contributed by atoms with E-state index in [0.717, 1.165) is 25.0 Å². The van der Waals surface area contributed by atoms with Crippen molar-refractivity contribution >= 4 is 15.7 Å². The number of amides is 1. The minimum atomic E-state index is -3.16. The van der Waals surface area contributed by atoms with Gasteiger partial charge in [0.15, 0.2) is 9.84 Å². The second-order valence-electron chi connectivity index (χ2n) is 5.59. The number of carbonyl (C=O) groups excluding carboxylic acids is 1. The van der Waals surface area contributed by atoms with E-state index in [2.05, 4.69) is 5.32 Å². The van der Waals surface area contributed by atoms with Gasteiger partial charge in [0, 0.05) is 18.7 Å². The van der Waals surface area contributed by atoms with Crippen LogP contribution in [0.5, 0.6) is 0 Å². The first-order valence-electron chi connectivity index (χ1n) is 7.32. The molecule has 1 saturated heterocycles. The summed E-state index contributed by atoms with van der Waals surface area (Å²) in [6.07, 6.45) is 3.45. The lowest BCUT2D eigenvalue weighted by Gasteiger charge is -2.17. The maximum atomic E-state index is 12.1. The van der Waals surface area contributed by atoms with Crippen molar-refractivity contribution in [3.05, 3.63) is 29.3 Å². The lowest BCUT2D eigenvalue weighted by molar-refractivity contribution is 0.0857. The van der Waals surface area contributed by atoms with Crippen LogP contribution in [0.15, 0.2) is 23.1 Å². The molecule has 21 heavy (non-hydrogen) atoms. The number of ether oxygens (including phenoxy) is 1. The smallest absolute Gasteiger partial charge is 0.251 e. The molecule has 1 atom stereocenters. The number of fused-ring (bicyclic) bond motifs is 1. The van der Waals surface area contributed by atoms with Gasteiger partial charge in [-0.3, -0.25) is 4.79 Å². The number of hydrogen-bond acceptors (Lipinski definition) is 4. The highest BCUT2D eigenvalue weighted by atomic mass is 32.2. The number of rotatable bonds is 3. The largest absolute Gasteiger partial charge is 0.376 e. The minimum Gasteiger partial charge on any atom is -0.376 e.